The Morgan fingerprint density at radius 1 is 1.19 bits per heavy atom. The fraction of sp³-hybridized carbons (Fsp3) is 0.833. The first-order chi connectivity index (χ1) is 7.51. The van der Waals surface area contributed by atoms with E-state index in [1.165, 1.54) is 7.11 Å². The minimum atomic E-state index is -0.394. The summed E-state index contributed by atoms with van der Waals surface area (Å²) < 4.78 is 9.87. The number of carbonyl (C=O) groups is 2. The van der Waals surface area contributed by atoms with Crippen LogP contribution < -0.4 is 0 Å². The van der Waals surface area contributed by atoms with Gasteiger partial charge in [0.05, 0.1) is 13.0 Å². The average Bonchev–Trinajstić information content (AvgIpc) is 2.22. The highest BCUT2D eigenvalue weighted by molar-refractivity contribution is 5.86. The van der Waals surface area contributed by atoms with Gasteiger partial charge in [0.25, 0.3) is 0 Å². The molecule has 0 heterocycles. The standard InChI is InChI=1S/C12H22O4/c1-5-16-12(14)7-6-10(13)11(15-4)8-9(2)3/h9,11H,5-8H2,1-4H3/t11-/m1/s1. The molecule has 0 aliphatic rings. The van der Waals surface area contributed by atoms with Gasteiger partial charge in [-0.1, -0.05) is 13.8 Å². The van der Waals surface area contributed by atoms with Crippen molar-refractivity contribution >= 4 is 11.8 Å². The van der Waals surface area contributed by atoms with Gasteiger partial charge in [0.15, 0.2) is 5.78 Å². The lowest BCUT2D eigenvalue weighted by Crippen LogP contribution is -2.25. The number of ether oxygens (including phenoxy) is 2. The van der Waals surface area contributed by atoms with Crippen LogP contribution in [0.15, 0.2) is 0 Å². The summed E-state index contributed by atoms with van der Waals surface area (Å²) in [5.74, 6) is 0.0518. The maximum absolute atomic E-state index is 11.7. The van der Waals surface area contributed by atoms with Crippen LogP contribution in [0.4, 0.5) is 0 Å². The molecule has 0 rings (SSSR count). The van der Waals surface area contributed by atoms with E-state index in [1.807, 2.05) is 13.8 Å². The van der Waals surface area contributed by atoms with Gasteiger partial charge in [0.2, 0.25) is 0 Å². The third-order valence-electron chi connectivity index (χ3n) is 2.21. The molecule has 0 amide bonds. The van der Waals surface area contributed by atoms with E-state index in [1.54, 1.807) is 6.92 Å². The van der Waals surface area contributed by atoms with Crippen molar-refractivity contribution in [3.63, 3.8) is 0 Å². The Morgan fingerprint density at radius 2 is 1.81 bits per heavy atom. The Bertz CT molecular complexity index is 223. The Labute approximate surface area is 97.3 Å². The molecular formula is C12H22O4. The monoisotopic (exact) mass is 230 g/mol. The molecule has 0 fully saturated rings. The molecule has 0 N–H and O–H groups in total. The van der Waals surface area contributed by atoms with Crippen molar-refractivity contribution in [2.45, 2.75) is 46.1 Å². The van der Waals surface area contributed by atoms with E-state index < -0.39 is 6.10 Å². The maximum Gasteiger partial charge on any atom is 0.306 e. The molecule has 0 spiro atoms. The van der Waals surface area contributed by atoms with E-state index in [2.05, 4.69) is 0 Å². The Balaban J connectivity index is 3.97. The Hall–Kier alpha value is -0.900. The van der Waals surface area contributed by atoms with Gasteiger partial charge in [0.1, 0.15) is 6.10 Å². The molecule has 0 aliphatic heterocycles. The molecule has 0 saturated heterocycles. The van der Waals surface area contributed by atoms with Gasteiger partial charge in [-0.3, -0.25) is 9.59 Å². The zero-order chi connectivity index (χ0) is 12.6. The summed E-state index contributed by atoms with van der Waals surface area (Å²) in [7, 11) is 1.52. The van der Waals surface area contributed by atoms with Crippen LogP contribution in [-0.4, -0.2) is 31.6 Å². The van der Waals surface area contributed by atoms with Crippen molar-refractivity contribution in [2.24, 2.45) is 5.92 Å². The van der Waals surface area contributed by atoms with E-state index in [0.29, 0.717) is 18.9 Å². The Kier molecular flexibility index (Phi) is 7.81. The van der Waals surface area contributed by atoms with Crippen molar-refractivity contribution in [3.05, 3.63) is 0 Å². The number of Topliss-reactive ketones (excluding diaryl/α,β-unsaturated/α-hetero) is 1. The normalized spacial score (nSPS) is 12.6. The SMILES string of the molecule is CCOC(=O)CCC(=O)[C@@H](CC(C)C)OC. The minimum absolute atomic E-state index is 0.0238. The van der Waals surface area contributed by atoms with Gasteiger partial charge >= 0.3 is 5.97 Å². The molecule has 0 radical (unpaired) electrons. The summed E-state index contributed by atoms with van der Waals surface area (Å²) in [6.07, 6.45) is 0.641. The van der Waals surface area contributed by atoms with E-state index >= 15 is 0 Å². The number of methoxy groups -OCH3 is 1. The molecule has 0 aliphatic carbocycles. The summed E-state index contributed by atoms with van der Waals surface area (Å²) >= 11 is 0. The highest BCUT2D eigenvalue weighted by atomic mass is 16.5. The molecule has 0 bridgehead atoms. The fourth-order valence-corrected chi connectivity index (χ4v) is 1.41. The molecule has 0 unspecified atom stereocenters. The molecule has 0 aromatic carbocycles. The van der Waals surface area contributed by atoms with Crippen molar-refractivity contribution in [1.82, 2.24) is 0 Å². The summed E-state index contributed by atoms with van der Waals surface area (Å²) in [5, 5.41) is 0. The first-order valence-electron chi connectivity index (χ1n) is 5.72. The van der Waals surface area contributed by atoms with Crippen molar-refractivity contribution in [1.29, 1.82) is 0 Å². The predicted molar refractivity (Wildman–Crippen MR) is 61.1 cm³/mol. The number of ketones is 1. The topological polar surface area (TPSA) is 52.6 Å². The van der Waals surface area contributed by atoms with Crippen molar-refractivity contribution in [3.8, 4) is 0 Å². The molecule has 0 aromatic rings. The molecule has 4 nitrogen and oxygen atoms in total. The van der Waals surface area contributed by atoms with Crippen LogP contribution >= 0.6 is 0 Å². The summed E-state index contributed by atoms with van der Waals surface area (Å²) in [6.45, 7) is 6.17. The summed E-state index contributed by atoms with van der Waals surface area (Å²) in [5.41, 5.74) is 0. The highest BCUT2D eigenvalue weighted by Gasteiger charge is 2.19. The van der Waals surface area contributed by atoms with Gasteiger partial charge < -0.3 is 9.47 Å². The molecule has 94 valence electrons. The van der Waals surface area contributed by atoms with Crippen LogP contribution in [0.1, 0.15) is 40.0 Å². The van der Waals surface area contributed by atoms with Gasteiger partial charge in [-0.05, 0) is 19.3 Å². The lowest BCUT2D eigenvalue weighted by atomic mass is 10.0. The number of hydrogen-bond acceptors (Lipinski definition) is 4. The van der Waals surface area contributed by atoms with Crippen molar-refractivity contribution in [2.75, 3.05) is 13.7 Å². The smallest absolute Gasteiger partial charge is 0.306 e. The quantitative estimate of drug-likeness (QED) is 0.598. The zero-order valence-electron chi connectivity index (χ0n) is 10.6. The fourth-order valence-electron chi connectivity index (χ4n) is 1.41. The second-order valence-electron chi connectivity index (χ2n) is 4.13. The largest absolute Gasteiger partial charge is 0.466 e. The lowest BCUT2D eigenvalue weighted by molar-refractivity contribution is -0.145. The summed E-state index contributed by atoms with van der Waals surface area (Å²) in [4.78, 5) is 22.8. The number of rotatable bonds is 8. The first kappa shape index (κ1) is 15.1. The van der Waals surface area contributed by atoms with Crippen LogP contribution in [-0.2, 0) is 19.1 Å². The maximum atomic E-state index is 11.7. The second kappa shape index (κ2) is 8.28. The Morgan fingerprint density at radius 3 is 2.25 bits per heavy atom. The van der Waals surface area contributed by atoms with Gasteiger partial charge in [-0.15, -0.1) is 0 Å². The third-order valence-corrected chi connectivity index (χ3v) is 2.21. The van der Waals surface area contributed by atoms with Gasteiger partial charge in [-0.25, -0.2) is 0 Å². The predicted octanol–water partition coefficient (Wildman–Crippen LogP) is 1.96. The first-order valence-corrected chi connectivity index (χ1v) is 5.72. The number of carbonyl (C=O) groups excluding carboxylic acids is 2. The van der Waals surface area contributed by atoms with Crippen LogP contribution in [0.3, 0.4) is 0 Å². The van der Waals surface area contributed by atoms with Gasteiger partial charge in [-0.2, -0.15) is 0 Å². The zero-order valence-corrected chi connectivity index (χ0v) is 10.6. The van der Waals surface area contributed by atoms with Crippen LogP contribution in [0.25, 0.3) is 0 Å². The molecular weight excluding hydrogens is 208 g/mol. The lowest BCUT2D eigenvalue weighted by Gasteiger charge is -2.15. The van der Waals surface area contributed by atoms with E-state index in [-0.39, 0.29) is 24.6 Å². The highest BCUT2D eigenvalue weighted by Crippen LogP contribution is 2.11. The summed E-state index contributed by atoms with van der Waals surface area (Å²) in [6, 6.07) is 0. The number of esters is 1. The second-order valence-corrected chi connectivity index (χ2v) is 4.13. The number of hydrogen-bond donors (Lipinski definition) is 0. The third kappa shape index (κ3) is 6.56. The average molecular weight is 230 g/mol. The molecule has 16 heavy (non-hydrogen) atoms. The van der Waals surface area contributed by atoms with E-state index in [4.69, 9.17) is 9.47 Å². The molecule has 4 heteroatoms. The minimum Gasteiger partial charge on any atom is -0.466 e. The van der Waals surface area contributed by atoms with E-state index in [9.17, 15) is 9.59 Å². The van der Waals surface area contributed by atoms with Crippen molar-refractivity contribution < 1.29 is 19.1 Å². The van der Waals surface area contributed by atoms with Gasteiger partial charge in [0, 0.05) is 13.5 Å². The van der Waals surface area contributed by atoms with Crippen LogP contribution in [0, 0.1) is 5.92 Å². The van der Waals surface area contributed by atoms with Crippen LogP contribution in [0.5, 0.6) is 0 Å². The molecule has 0 aromatic heterocycles. The van der Waals surface area contributed by atoms with Crippen LogP contribution in [0.2, 0.25) is 0 Å². The molecule has 1 atom stereocenters. The molecule has 0 saturated carbocycles. The van der Waals surface area contributed by atoms with E-state index in [0.717, 1.165) is 0 Å².